The highest BCUT2D eigenvalue weighted by Crippen LogP contribution is 2.35. The minimum absolute atomic E-state index is 0.0944. The Hall–Kier alpha value is -4.19. The van der Waals surface area contributed by atoms with Crippen LogP contribution in [0.2, 0.25) is 0 Å². The van der Waals surface area contributed by atoms with Crippen LogP contribution in [0.1, 0.15) is 30.1 Å². The van der Waals surface area contributed by atoms with Crippen molar-refractivity contribution >= 4 is 28.9 Å². The van der Waals surface area contributed by atoms with Gasteiger partial charge in [-0.15, -0.1) is 0 Å². The Bertz CT molecular complexity index is 1410. The smallest absolute Gasteiger partial charge is 0.308 e. The molecule has 0 radical (unpaired) electrons. The third-order valence-corrected chi connectivity index (χ3v) is 6.25. The van der Waals surface area contributed by atoms with Gasteiger partial charge in [-0.25, -0.2) is 14.5 Å². The first kappa shape index (κ1) is 21.6. The molecule has 4 aromatic heterocycles. The normalized spacial score (nSPS) is 19.6. The highest BCUT2D eigenvalue weighted by molar-refractivity contribution is 6.00. The van der Waals surface area contributed by atoms with Crippen molar-refractivity contribution in [2.24, 2.45) is 0 Å². The summed E-state index contributed by atoms with van der Waals surface area (Å²) in [6.45, 7) is 1.97. The molecule has 176 valence electrons. The number of fused-ring (bicyclic) bond motifs is 1. The van der Waals surface area contributed by atoms with Crippen molar-refractivity contribution in [3.63, 3.8) is 0 Å². The third-order valence-electron chi connectivity index (χ3n) is 6.25. The van der Waals surface area contributed by atoms with Crippen LogP contribution in [0.25, 0.3) is 11.7 Å². The van der Waals surface area contributed by atoms with Crippen molar-refractivity contribution in [3.05, 3.63) is 59.0 Å². The van der Waals surface area contributed by atoms with E-state index in [1.54, 1.807) is 38.6 Å². The molecule has 0 saturated heterocycles. The summed E-state index contributed by atoms with van der Waals surface area (Å²) >= 11 is 0. The molecular weight excluding hydrogens is 440 g/mol. The Kier molecular flexibility index (Phi) is 5.28. The second-order valence-corrected chi connectivity index (χ2v) is 8.19. The number of amides is 1. The molecule has 1 aliphatic carbocycles. The lowest BCUT2D eigenvalue weighted by Gasteiger charge is -2.45. The number of carbonyl (C=O) groups is 1. The standard InChI is InChI=1S/C22H24N8O4/c1-22(33-3)7-6-15(22)27-19(31)13-12-25-30-17(23-2)11-16(28-18(13)30)26-14-5-4-9-29(20(14)32)21-24-8-10-34-21/h4-5,8-12,15,23H,6-7H2,1-3H3,(H,26,28)(H,27,31)/t15?,22-/m1/s1. The van der Waals surface area contributed by atoms with E-state index in [2.05, 4.69) is 31.0 Å². The molecule has 0 bridgehead atoms. The largest absolute Gasteiger partial charge is 0.432 e. The maximum absolute atomic E-state index is 13.1. The van der Waals surface area contributed by atoms with Crippen LogP contribution in [-0.2, 0) is 4.74 Å². The van der Waals surface area contributed by atoms with Gasteiger partial charge in [0.05, 0.1) is 24.0 Å². The number of carbonyl (C=O) groups excluding carboxylic acids is 1. The van der Waals surface area contributed by atoms with E-state index in [-0.39, 0.29) is 34.8 Å². The number of nitrogens with one attached hydrogen (secondary N) is 3. The average Bonchev–Trinajstić information content (AvgIpc) is 3.52. The summed E-state index contributed by atoms with van der Waals surface area (Å²) in [4.78, 5) is 34.6. The van der Waals surface area contributed by atoms with E-state index in [4.69, 9.17) is 9.15 Å². The Balaban J connectivity index is 1.48. The molecule has 0 spiro atoms. The SMILES string of the molecule is CNc1cc(Nc2cccn(-c3ncco3)c2=O)nc2c(C(=O)NC3CC[C@@]3(C)OC)cnn12. The first-order valence-corrected chi connectivity index (χ1v) is 10.7. The fourth-order valence-electron chi connectivity index (χ4n) is 3.98. The highest BCUT2D eigenvalue weighted by atomic mass is 16.5. The number of pyridine rings is 1. The minimum Gasteiger partial charge on any atom is -0.432 e. The number of hydrogen-bond donors (Lipinski definition) is 3. The summed E-state index contributed by atoms with van der Waals surface area (Å²) in [6.07, 6.45) is 7.60. The fraction of sp³-hybridized carbons (Fsp3) is 0.318. The Morgan fingerprint density at radius 3 is 2.91 bits per heavy atom. The first-order valence-electron chi connectivity index (χ1n) is 10.7. The van der Waals surface area contributed by atoms with Crippen LogP contribution >= 0.6 is 0 Å². The molecule has 1 amide bonds. The maximum Gasteiger partial charge on any atom is 0.308 e. The van der Waals surface area contributed by atoms with Gasteiger partial charge in [-0.1, -0.05) is 0 Å². The molecule has 4 heterocycles. The maximum atomic E-state index is 13.1. The Morgan fingerprint density at radius 2 is 2.24 bits per heavy atom. The van der Waals surface area contributed by atoms with E-state index in [0.717, 1.165) is 12.8 Å². The van der Waals surface area contributed by atoms with E-state index in [1.165, 1.54) is 27.7 Å². The third kappa shape index (κ3) is 3.57. The van der Waals surface area contributed by atoms with Gasteiger partial charge < -0.3 is 25.1 Å². The summed E-state index contributed by atoms with van der Waals surface area (Å²) in [5.41, 5.74) is 0.165. The zero-order chi connectivity index (χ0) is 23.9. The quantitative estimate of drug-likeness (QED) is 0.374. The van der Waals surface area contributed by atoms with Gasteiger partial charge in [0.1, 0.15) is 29.1 Å². The predicted octanol–water partition coefficient (Wildman–Crippen LogP) is 1.95. The molecule has 12 heteroatoms. The van der Waals surface area contributed by atoms with Crippen molar-refractivity contribution in [1.29, 1.82) is 0 Å². The number of nitrogens with zero attached hydrogens (tertiary/aromatic N) is 5. The summed E-state index contributed by atoms with van der Waals surface area (Å²) in [5, 5.41) is 13.4. The molecule has 34 heavy (non-hydrogen) atoms. The Morgan fingerprint density at radius 1 is 1.38 bits per heavy atom. The van der Waals surface area contributed by atoms with Gasteiger partial charge in [0, 0.05) is 26.4 Å². The topological polar surface area (TPSA) is 141 Å². The molecule has 3 N–H and O–H groups in total. The molecule has 5 rings (SSSR count). The molecule has 12 nitrogen and oxygen atoms in total. The van der Waals surface area contributed by atoms with E-state index in [1.807, 2.05) is 6.92 Å². The molecule has 2 atom stereocenters. The van der Waals surface area contributed by atoms with Crippen LogP contribution in [0.4, 0.5) is 17.3 Å². The average molecular weight is 464 g/mol. The van der Waals surface area contributed by atoms with Gasteiger partial charge in [0.25, 0.3) is 11.5 Å². The monoisotopic (exact) mass is 464 g/mol. The molecular formula is C22H24N8O4. The van der Waals surface area contributed by atoms with Gasteiger partial charge in [0.15, 0.2) is 5.65 Å². The van der Waals surface area contributed by atoms with Gasteiger partial charge in [-0.05, 0) is 31.9 Å². The first-order chi connectivity index (χ1) is 16.4. The van der Waals surface area contributed by atoms with Gasteiger partial charge in [0.2, 0.25) is 0 Å². The molecule has 0 aromatic carbocycles. The highest BCUT2D eigenvalue weighted by Gasteiger charge is 2.44. The van der Waals surface area contributed by atoms with Crippen LogP contribution in [0.5, 0.6) is 0 Å². The summed E-state index contributed by atoms with van der Waals surface area (Å²) in [7, 11) is 3.38. The molecule has 1 aliphatic rings. The van der Waals surface area contributed by atoms with Crippen molar-refractivity contribution in [2.45, 2.75) is 31.4 Å². The van der Waals surface area contributed by atoms with Crippen molar-refractivity contribution in [2.75, 3.05) is 24.8 Å². The zero-order valence-corrected chi connectivity index (χ0v) is 18.9. The minimum atomic E-state index is -0.384. The number of aromatic nitrogens is 5. The van der Waals surface area contributed by atoms with Gasteiger partial charge in [-0.3, -0.25) is 9.59 Å². The second kappa shape index (κ2) is 8.30. The van der Waals surface area contributed by atoms with Gasteiger partial charge in [-0.2, -0.15) is 9.61 Å². The second-order valence-electron chi connectivity index (χ2n) is 8.19. The molecule has 0 aliphatic heterocycles. The van der Waals surface area contributed by atoms with Crippen molar-refractivity contribution in [3.8, 4) is 6.01 Å². The van der Waals surface area contributed by atoms with Crippen LogP contribution in [0.15, 0.2) is 52.3 Å². The lowest BCUT2D eigenvalue weighted by atomic mass is 9.76. The van der Waals surface area contributed by atoms with E-state index in [9.17, 15) is 9.59 Å². The summed E-state index contributed by atoms with van der Waals surface area (Å²) in [5.74, 6) is 0.653. The van der Waals surface area contributed by atoms with Crippen molar-refractivity contribution in [1.82, 2.24) is 29.5 Å². The predicted molar refractivity (Wildman–Crippen MR) is 124 cm³/mol. The number of anilines is 3. The molecule has 1 fully saturated rings. The lowest BCUT2D eigenvalue weighted by molar-refractivity contribution is -0.0828. The zero-order valence-electron chi connectivity index (χ0n) is 18.9. The van der Waals surface area contributed by atoms with Crippen LogP contribution < -0.4 is 21.5 Å². The van der Waals surface area contributed by atoms with Crippen LogP contribution in [0.3, 0.4) is 0 Å². The van der Waals surface area contributed by atoms with E-state index >= 15 is 0 Å². The number of oxazole rings is 1. The lowest BCUT2D eigenvalue weighted by Crippen LogP contribution is -2.59. The Labute approximate surface area is 194 Å². The number of rotatable bonds is 7. The summed E-state index contributed by atoms with van der Waals surface area (Å²) in [6, 6.07) is 5.06. The molecule has 4 aromatic rings. The number of methoxy groups -OCH3 is 1. The molecule has 1 unspecified atom stereocenters. The van der Waals surface area contributed by atoms with E-state index < -0.39 is 0 Å². The van der Waals surface area contributed by atoms with Crippen molar-refractivity contribution < 1.29 is 13.9 Å². The van der Waals surface area contributed by atoms with Gasteiger partial charge >= 0.3 is 6.01 Å². The number of ether oxygens (including phenoxy) is 1. The van der Waals surface area contributed by atoms with E-state index in [0.29, 0.717) is 22.8 Å². The van der Waals surface area contributed by atoms with Crippen LogP contribution in [-0.4, -0.2) is 55.9 Å². The number of hydrogen-bond acceptors (Lipinski definition) is 9. The van der Waals surface area contributed by atoms with Crippen LogP contribution in [0, 0.1) is 0 Å². The molecule has 1 saturated carbocycles. The fourth-order valence-corrected chi connectivity index (χ4v) is 3.98. The summed E-state index contributed by atoms with van der Waals surface area (Å²) < 4.78 is 13.6.